The zero-order valence-corrected chi connectivity index (χ0v) is 14.5. The molecule has 1 aliphatic rings. The standard InChI is InChI=1S/C18H22F2N4O/c1-3-16(14-5-4-13(19)12-15(14)20)23-8-10-24(11-9-23)18(25)17-6-7-21-22(17)2/h4-7,12,16H,3,8-11H2,1-2H3/t16-/m0/s1. The van der Waals surface area contributed by atoms with Gasteiger partial charge in [0.1, 0.15) is 17.3 Å². The number of hydrogen-bond acceptors (Lipinski definition) is 3. The number of halogens is 2. The van der Waals surface area contributed by atoms with E-state index in [0.717, 1.165) is 12.5 Å². The second-order valence-corrected chi connectivity index (χ2v) is 6.26. The Hall–Kier alpha value is -2.28. The van der Waals surface area contributed by atoms with Gasteiger partial charge in [-0.05, 0) is 18.6 Å². The molecule has 0 bridgehead atoms. The average Bonchev–Trinajstić information content (AvgIpc) is 3.03. The lowest BCUT2D eigenvalue weighted by atomic mass is 10.0. The van der Waals surface area contributed by atoms with E-state index in [2.05, 4.69) is 10.00 Å². The maximum absolute atomic E-state index is 14.1. The van der Waals surface area contributed by atoms with Gasteiger partial charge in [0, 0.05) is 57.1 Å². The van der Waals surface area contributed by atoms with E-state index in [9.17, 15) is 13.6 Å². The van der Waals surface area contributed by atoms with E-state index in [-0.39, 0.29) is 11.9 Å². The van der Waals surface area contributed by atoms with Crippen LogP contribution in [-0.4, -0.2) is 51.7 Å². The van der Waals surface area contributed by atoms with Crippen molar-refractivity contribution in [2.45, 2.75) is 19.4 Å². The Balaban J connectivity index is 1.68. The van der Waals surface area contributed by atoms with Crippen LogP contribution in [0.3, 0.4) is 0 Å². The van der Waals surface area contributed by atoms with Gasteiger partial charge in [-0.15, -0.1) is 0 Å². The molecular weight excluding hydrogens is 326 g/mol. The van der Waals surface area contributed by atoms with E-state index in [0.29, 0.717) is 37.4 Å². The number of carbonyl (C=O) groups is 1. The third-order valence-electron chi connectivity index (χ3n) is 4.79. The molecule has 134 valence electrons. The summed E-state index contributed by atoms with van der Waals surface area (Å²) in [5.41, 5.74) is 1.07. The Morgan fingerprint density at radius 1 is 1.20 bits per heavy atom. The lowest BCUT2D eigenvalue weighted by molar-refractivity contribution is 0.0549. The van der Waals surface area contributed by atoms with Gasteiger partial charge in [-0.3, -0.25) is 14.4 Å². The topological polar surface area (TPSA) is 41.4 Å². The highest BCUT2D eigenvalue weighted by Crippen LogP contribution is 2.28. The van der Waals surface area contributed by atoms with Crippen LogP contribution in [0.2, 0.25) is 0 Å². The van der Waals surface area contributed by atoms with Gasteiger partial charge < -0.3 is 4.90 Å². The molecule has 3 rings (SSSR count). The summed E-state index contributed by atoms with van der Waals surface area (Å²) >= 11 is 0. The molecular formula is C18H22F2N4O. The highest BCUT2D eigenvalue weighted by molar-refractivity contribution is 5.92. The number of nitrogens with zero attached hydrogens (tertiary/aromatic N) is 4. The Bertz CT molecular complexity index is 753. The number of amides is 1. The van der Waals surface area contributed by atoms with Crippen LogP contribution < -0.4 is 0 Å². The molecule has 1 fully saturated rings. The molecule has 1 aliphatic heterocycles. The van der Waals surface area contributed by atoms with Gasteiger partial charge in [0.05, 0.1) is 0 Å². The molecule has 1 saturated heterocycles. The first-order valence-electron chi connectivity index (χ1n) is 8.47. The van der Waals surface area contributed by atoms with Crippen LogP contribution in [0, 0.1) is 11.6 Å². The predicted molar refractivity (Wildman–Crippen MR) is 90.1 cm³/mol. The van der Waals surface area contributed by atoms with Crippen molar-refractivity contribution in [2.75, 3.05) is 26.2 Å². The summed E-state index contributed by atoms with van der Waals surface area (Å²) in [6.07, 6.45) is 2.33. The molecule has 1 amide bonds. The van der Waals surface area contributed by atoms with Crippen LogP contribution in [-0.2, 0) is 7.05 Å². The Morgan fingerprint density at radius 3 is 2.48 bits per heavy atom. The van der Waals surface area contributed by atoms with E-state index in [1.54, 1.807) is 28.9 Å². The Labute approximate surface area is 145 Å². The van der Waals surface area contributed by atoms with E-state index >= 15 is 0 Å². The quantitative estimate of drug-likeness (QED) is 0.853. The van der Waals surface area contributed by atoms with Crippen molar-refractivity contribution in [2.24, 2.45) is 7.05 Å². The minimum absolute atomic E-state index is 0.0411. The predicted octanol–water partition coefficient (Wildman–Crippen LogP) is 2.61. The average molecular weight is 348 g/mol. The van der Waals surface area contributed by atoms with Crippen LogP contribution in [0.5, 0.6) is 0 Å². The lowest BCUT2D eigenvalue weighted by Crippen LogP contribution is -2.50. The lowest BCUT2D eigenvalue weighted by Gasteiger charge is -2.39. The minimum atomic E-state index is -0.567. The molecule has 0 saturated carbocycles. The maximum Gasteiger partial charge on any atom is 0.272 e. The number of aryl methyl sites for hydroxylation is 1. The molecule has 1 atom stereocenters. The summed E-state index contributed by atoms with van der Waals surface area (Å²) in [5, 5.41) is 4.03. The number of hydrogen-bond donors (Lipinski definition) is 0. The van der Waals surface area contributed by atoms with Crippen LogP contribution in [0.1, 0.15) is 35.4 Å². The van der Waals surface area contributed by atoms with Crippen molar-refractivity contribution in [3.05, 3.63) is 53.4 Å². The van der Waals surface area contributed by atoms with Crippen molar-refractivity contribution >= 4 is 5.91 Å². The third-order valence-corrected chi connectivity index (χ3v) is 4.79. The van der Waals surface area contributed by atoms with E-state index in [1.165, 1.54) is 12.1 Å². The molecule has 0 radical (unpaired) electrons. The first kappa shape index (κ1) is 17.5. The molecule has 1 aromatic carbocycles. The first-order chi connectivity index (χ1) is 12.0. The molecule has 0 N–H and O–H groups in total. The van der Waals surface area contributed by atoms with Crippen LogP contribution in [0.25, 0.3) is 0 Å². The Morgan fingerprint density at radius 2 is 1.92 bits per heavy atom. The summed E-state index contributed by atoms with van der Waals surface area (Å²) < 4.78 is 28.9. The largest absolute Gasteiger partial charge is 0.335 e. The number of rotatable bonds is 4. The van der Waals surface area contributed by atoms with Gasteiger partial charge in [-0.2, -0.15) is 5.10 Å². The van der Waals surface area contributed by atoms with Crippen LogP contribution in [0.15, 0.2) is 30.5 Å². The van der Waals surface area contributed by atoms with Crippen LogP contribution in [0.4, 0.5) is 8.78 Å². The van der Waals surface area contributed by atoms with Gasteiger partial charge in [0.25, 0.3) is 5.91 Å². The highest BCUT2D eigenvalue weighted by Gasteiger charge is 2.28. The van der Waals surface area contributed by atoms with E-state index in [4.69, 9.17) is 0 Å². The third kappa shape index (κ3) is 3.56. The zero-order chi connectivity index (χ0) is 18.0. The van der Waals surface area contributed by atoms with E-state index in [1.807, 2.05) is 6.92 Å². The second-order valence-electron chi connectivity index (χ2n) is 6.26. The first-order valence-corrected chi connectivity index (χ1v) is 8.47. The summed E-state index contributed by atoms with van der Waals surface area (Å²) in [7, 11) is 1.74. The smallest absolute Gasteiger partial charge is 0.272 e. The van der Waals surface area contributed by atoms with Gasteiger partial charge in [0.15, 0.2) is 0 Å². The van der Waals surface area contributed by atoms with Crippen molar-refractivity contribution in [1.82, 2.24) is 19.6 Å². The number of piperazine rings is 1. The molecule has 7 heteroatoms. The van der Waals surface area contributed by atoms with Crippen molar-refractivity contribution < 1.29 is 13.6 Å². The monoisotopic (exact) mass is 348 g/mol. The summed E-state index contributed by atoms with van der Waals surface area (Å²) in [6, 6.07) is 5.34. The molecule has 25 heavy (non-hydrogen) atoms. The van der Waals surface area contributed by atoms with Gasteiger partial charge in [0.2, 0.25) is 0 Å². The number of aromatic nitrogens is 2. The highest BCUT2D eigenvalue weighted by atomic mass is 19.1. The van der Waals surface area contributed by atoms with Crippen molar-refractivity contribution in [3.8, 4) is 0 Å². The van der Waals surface area contributed by atoms with Gasteiger partial charge in [-0.1, -0.05) is 13.0 Å². The summed E-state index contributed by atoms with van der Waals surface area (Å²) in [6.45, 7) is 4.44. The number of carbonyl (C=O) groups excluding carboxylic acids is 1. The SMILES string of the molecule is CC[C@@H](c1ccc(F)cc1F)N1CCN(C(=O)c2ccnn2C)CC1. The molecule has 0 unspecified atom stereocenters. The van der Waals surface area contributed by atoms with Crippen molar-refractivity contribution in [1.29, 1.82) is 0 Å². The fourth-order valence-corrected chi connectivity index (χ4v) is 3.43. The van der Waals surface area contributed by atoms with Gasteiger partial charge in [-0.25, -0.2) is 8.78 Å². The minimum Gasteiger partial charge on any atom is -0.335 e. The molecule has 5 nitrogen and oxygen atoms in total. The molecule has 2 aromatic rings. The maximum atomic E-state index is 14.1. The molecule has 1 aromatic heterocycles. The number of benzene rings is 1. The summed E-state index contributed by atoms with van der Waals surface area (Å²) in [4.78, 5) is 16.5. The van der Waals surface area contributed by atoms with Crippen LogP contribution >= 0.6 is 0 Å². The fraction of sp³-hybridized carbons (Fsp3) is 0.444. The molecule has 0 spiro atoms. The second kappa shape index (κ2) is 7.31. The zero-order valence-electron chi connectivity index (χ0n) is 14.5. The van der Waals surface area contributed by atoms with Gasteiger partial charge >= 0.3 is 0 Å². The molecule has 2 heterocycles. The summed E-state index contributed by atoms with van der Waals surface area (Å²) in [5.74, 6) is -1.12. The fourth-order valence-electron chi connectivity index (χ4n) is 3.43. The normalized spacial score (nSPS) is 16.9. The van der Waals surface area contributed by atoms with Crippen molar-refractivity contribution in [3.63, 3.8) is 0 Å². The molecule has 0 aliphatic carbocycles. The Kier molecular flexibility index (Phi) is 5.13. The van der Waals surface area contributed by atoms with E-state index < -0.39 is 11.6 Å².